The Morgan fingerprint density at radius 2 is 0.697 bits per heavy atom. The zero-order valence-electron chi connectivity index (χ0n) is 13.8. The van der Waals surface area contributed by atoms with Gasteiger partial charge in [-0.1, -0.05) is 0 Å². The molecule has 0 aliphatic carbocycles. The lowest BCUT2D eigenvalue weighted by atomic mass is 10.1. The summed E-state index contributed by atoms with van der Waals surface area (Å²) in [7, 11) is -17.4. The molecule has 0 aromatic carbocycles. The van der Waals surface area contributed by atoms with Gasteiger partial charge in [-0.2, -0.15) is 87.4 Å². The van der Waals surface area contributed by atoms with Crippen molar-refractivity contribution in [3.8, 4) is 0 Å². The van der Waals surface area contributed by atoms with Crippen LogP contribution in [0.3, 0.4) is 0 Å². The second-order valence-electron chi connectivity index (χ2n) is 5.42. The van der Waals surface area contributed by atoms with Crippen LogP contribution >= 0.6 is 0 Å². The molecule has 0 amide bonds. The average molecular weight is 578 g/mol. The van der Waals surface area contributed by atoms with E-state index in [1.54, 1.807) is 0 Å². The largest absolute Gasteiger partial charge is 0.733 e. The Kier molecular flexibility index (Phi) is 7.21. The van der Waals surface area contributed by atoms with Gasteiger partial charge in [-0.3, -0.25) is 0 Å². The number of sulfone groups is 1. The van der Waals surface area contributed by atoms with Crippen molar-refractivity contribution in [2.75, 3.05) is 0 Å². The van der Waals surface area contributed by atoms with E-state index in [4.69, 9.17) is 0 Å². The first-order chi connectivity index (χ1) is 13.7. The molecule has 0 fully saturated rings. The summed E-state index contributed by atoms with van der Waals surface area (Å²) < 4.78 is 268. The van der Waals surface area contributed by atoms with E-state index in [1.165, 1.54) is 0 Å². The first-order valence-electron chi connectivity index (χ1n) is 6.38. The standard InChI is InChI=1S/C9F18O4S2/c10-2(11,6(18,19)20)4(14,15)8(24,25)32(28,29)1-33(30,31)9(26,27)5(16,17)3(12,13)7(21,22)23. The second-order valence-corrected chi connectivity index (χ2v) is 9.12. The first kappa shape index (κ1) is 31.6. The van der Waals surface area contributed by atoms with E-state index in [0.717, 1.165) is 0 Å². The molecule has 0 radical (unpaired) electrons. The van der Waals surface area contributed by atoms with Crippen molar-refractivity contribution < 1.29 is 96.2 Å². The molecule has 198 valence electrons. The summed E-state index contributed by atoms with van der Waals surface area (Å²) in [5, 5.41) is -16.3. The van der Waals surface area contributed by atoms with E-state index in [2.05, 4.69) is 0 Å². The predicted octanol–water partition coefficient (Wildman–Crippen LogP) is 4.30. The fourth-order valence-electron chi connectivity index (χ4n) is 1.31. The molecule has 1 unspecified atom stereocenters. The van der Waals surface area contributed by atoms with Crippen LogP contribution in [-0.4, -0.2) is 68.4 Å². The highest BCUT2D eigenvalue weighted by Crippen LogP contribution is 2.56. The third-order valence-electron chi connectivity index (χ3n) is 3.13. The van der Waals surface area contributed by atoms with Crippen molar-refractivity contribution in [1.82, 2.24) is 0 Å². The van der Waals surface area contributed by atoms with Crippen molar-refractivity contribution >= 4 is 24.3 Å². The lowest BCUT2D eigenvalue weighted by Gasteiger charge is -2.34. The van der Waals surface area contributed by atoms with Crippen molar-refractivity contribution in [2.24, 2.45) is 0 Å². The highest BCUT2D eigenvalue weighted by molar-refractivity contribution is 8.20. The molecule has 0 bridgehead atoms. The van der Waals surface area contributed by atoms with Gasteiger partial charge >= 0.3 is 61.1 Å². The smallest absolute Gasteiger partial charge is 0.465 e. The minimum Gasteiger partial charge on any atom is -0.733 e. The Balaban J connectivity index is 7.09. The van der Waals surface area contributed by atoms with E-state index in [9.17, 15) is 96.2 Å². The molecule has 0 heterocycles. The van der Waals surface area contributed by atoms with Crippen molar-refractivity contribution in [3.05, 3.63) is 0 Å². The van der Waals surface area contributed by atoms with E-state index in [-0.39, 0.29) is 0 Å². The van der Waals surface area contributed by atoms with Gasteiger partial charge in [-0.25, -0.2) is 4.21 Å². The summed E-state index contributed by atoms with van der Waals surface area (Å²) in [6, 6.07) is 0. The number of hydrogen-bond acceptors (Lipinski definition) is 4. The Morgan fingerprint density at radius 3 is 0.939 bits per heavy atom. The Bertz CT molecular complexity index is 977. The molecule has 0 aliphatic heterocycles. The van der Waals surface area contributed by atoms with E-state index >= 15 is 0 Å². The van der Waals surface area contributed by atoms with Gasteiger partial charge in [-0.05, 0) is 0 Å². The number of hydrogen-bond donors (Lipinski definition) is 0. The molecule has 0 saturated carbocycles. The predicted molar refractivity (Wildman–Crippen MR) is 64.6 cm³/mol. The first-order valence-corrected chi connectivity index (χ1v) is 9.35. The maximum absolute atomic E-state index is 13.2. The average Bonchev–Trinajstić information content (AvgIpc) is 2.50. The summed E-state index contributed by atoms with van der Waals surface area (Å²) in [5.74, 6) is -32.9. The number of rotatable bonds is 7. The highest BCUT2D eigenvalue weighted by atomic mass is 32.3. The Labute approximate surface area is 168 Å². The van der Waals surface area contributed by atoms with Gasteiger partial charge in [0.05, 0.1) is 0 Å². The van der Waals surface area contributed by atoms with Crippen LogP contribution in [0.1, 0.15) is 0 Å². The van der Waals surface area contributed by atoms with Gasteiger partial charge in [0.2, 0.25) is 9.80 Å². The zero-order valence-corrected chi connectivity index (χ0v) is 15.4. The summed E-state index contributed by atoms with van der Waals surface area (Å²) in [6.45, 7) is 0. The van der Waals surface area contributed by atoms with Gasteiger partial charge in [0, 0.05) is 0 Å². The van der Waals surface area contributed by atoms with Crippen LogP contribution in [0, 0.1) is 0 Å². The quantitative estimate of drug-likeness (QED) is 0.257. The van der Waals surface area contributed by atoms with Crippen LogP contribution in [0.15, 0.2) is 0 Å². The molecular formula is C9F18O4S2. The minimum atomic E-state index is -8.68. The summed E-state index contributed by atoms with van der Waals surface area (Å²) in [6.07, 6.45) is -15.5. The molecule has 0 aromatic rings. The summed E-state index contributed by atoms with van der Waals surface area (Å²) in [5.41, 5.74) is 0. The fourth-order valence-corrected chi connectivity index (χ4v) is 4.23. The maximum Gasteiger partial charge on any atom is 0.465 e. The van der Waals surface area contributed by atoms with E-state index in [1.807, 2.05) is 0 Å². The van der Waals surface area contributed by atoms with E-state index in [0.29, 0.717) is 0 Å². The zero-order chi connectivity index (χ0) is 27.7. The fraction of sp³-hybridized carbons (Fsp3) is 0.889. The second kappa shape index (κ2) is 7.54. The van der Waals surface area contributed by atoms with E-state index < -0.39 is 70.9 Å². The molecule has 0 rings (SSSR count). The molecule has 4 nitrogen and oxygen atoms in total. The van der Waals surface area contributed by atoms with Gasteiger partial charge in [0.25, 0.3) is 0 Å². The topological polar surface area (TPSA) is 74.3 Å². The lowest BCUT2D eigenvalue weighted by Crippen LogP contribution is -2.65. The molecule has 1 atom stereocenters. The third-order valence-corrected chi connectivity index (χ3v) is 6.74. The monoisotopic (exact) mass is 578 g/mol. The third kappa shape index (κ3) is 4.26. The molecule has 0 N–H and O–H groups in total. The number of halogens is 18. The summed E-state index contributed by atoms with van der Waals surface area (Å²) in [4.78, 5) is 0. The van der Waals surface area contributed by atoms with Crippen LogP contribution in [0.5, 0.6) is 0 Å². The van der Waals surface area contributed by atoms with Crippen LogP contribution in [0.4, 0.5) is 79.0 Å². The molecule has 0 aliphatic rings. The SMILES string of the molecule is O=S(=O)([C+]=S(=O)([O-])C(F)(F)C(F)(F)C(F)(F)C(F)(F)F)C(F)(F)C(F)(F)C(F)(F)C(F)(F)F. The summed E-state index contributed by atoms with van der Waals surface area (Å²) >= 11 is 0. The van der Waals surface area contributed by atoms with Crippen LogP contribution < -0.4 is 0 Å². The van der Waals surface area contributed by atoms with Gasteiger partial charge in [-0.15, -0.1) is 0 Å². The van der Waals surface area contributed by atoms with Gasteiger partial charge in [0.15, 0.2) is 0 Å². The van der Waals surface area contributed by atoms with Crippen LogP contribution in [0.25, 0.3) is 0 Å². The normalized spacial score (nSPS) is 18.0. The van der Waals surface area contributed by atoms with Crippen LogP contribution in [-0.2, 0) is 19.6 Å². The highest BCUT2D eigenvalue weighted by Gasteiger charge is 2.89. The van der Waals surface area contributed by atoms with Crippen LogP contribution in [0.2, 0.25) is 0 Å². The molecule has 0 spiro atoms. The van der Waals surface area contributed by atoms with Crippen molar-refractivity contribution in [3.63, 3.8) is 0 Å². The van der Waals surface area contributed by atoms with Gasteiger partial charge < -0.3 is 4.55 Å². The maximum atomic E-state index is 13.2. The van der Waals surface area contributed by atoms with Gasteiger partial charge in [0.1, 0.15) is 0 Å². The molecular weight excluding hydrogens is 578 g/mol. The van der Waals surface area contributed by atoms with Crippen molar-refractivity contribution in [1.29, 1.82) is 0 Å². The van der Waals surface area contributed by atoms with Crippen molar-refractivity contribution in [2.45, 2.75) is 46.6 Å². The molecule has 0 aromatic heterocycles. The molecule has 33 heavy (non-hydrogen) atoms. The Morgan fingerprint density at radius 1 is 0.455 bits per heavy atom. The molecule has 0 saturated heterocycles. The lowest BCUT2D eigenvalue weighted by molar-refractivity contribution is -0.382. The minimum absolute atomic E-state index is 1.64. The Hall–Kier alpha value is -1.42. The molecule has 24 heteroatoms. The number of alkyl halides is 18.